The average Bonchev–Trinajstić information content (AvgIpc) is 2.69. The van der Waals surface area contributed by atoms with Gasteiger partial charge in [-0.2, -0.15) is 9.82 Å². The highest BCUT2D eigenvalue weighted by molar-refractivity contribution is 7.89. The van der Waals surface area contributed by atoms with E-state index >= 15 is 0 Å². The highest BCUT2D eigenvalue weighted by Crippen LogP contribution is 2.18. The number of rotatable bonds is 6. The van der Waals surface area contributed by atoms with E-state index in [0.29, 0.717) is 11.4 Å². The molecule has 0 saturated carbocycles. The Morgan fingerprint density at radius 1 is 1.30 bits per heavy atom. The SMILES string of the molecule is Cc1nn(C)c(C)c1S(=O)(=O)NC(C)C(=O)N(C)C(C)C(=O)O. The van der Waals surface area contributed by atoms with Crippen molar-refractivity contribution in [3.63, 3.8) is 0 Å². The molecule has 1 heterocycles. The topological polar surface area (TPSA) is 122 Å². The Balaban J connectivity index is 3.02. The van der Waals surface area contributed by atoms with E-state index in [1.807, 2.05) is 0 Å². The number of carboxylic acids is 1. The van der Waals surface area contributed by atoms with Crippen LogP contribution in [0.3, 0.4) is 0 Å². The van der Waals surface area contributed by atoms with Gasteiger partial charge in [0.1, 0.15) is 10.9 Å². The molecule has 9 nitrogen and oxygen atoms in total. The molecule has 1 rings (SSSR count). The fraction of sp³-hybridized carbons (Fsp3) is 0.615. The van der Waals surface area contributed by atoms with Crippen LogP contribution in [-0.4, -0.2) is 59.2 Å². The standard InChI is InChI=1S/C13H22N4O5S/c1-7-11(9(3)17(6)14-7)23(21,22)15-8(2)12(18)16(5)10(4)13(19)20/h8,10,15H,1-6H3,(H,19,20). The molecular formula is C13H22N4O5S. The maximum Gasteiger partial charge on any atom is 0.326 e. The van der Waals surface area contributed by atoms with Crippen molar-refractivity contribution in [3.05, 3.63) is 11.4 Å². The normalized spacial score (nSPS) is 14.3. The molecule has 1 aromatic heterocycles. The number of aryl methyl sites for hydroxylation is 2. The zero-order valence-corrected chi connectivity index (χ0v) is 14.8. The molecule has 0 fully saturated rings. The lowest BCUT2D eigenvalue weighted by molar-refractivity contribution is -0.148. The number of likely N-dealkylation sites (N-methyl/N-ethyl adjacent to an activating group) is 1. The van der Waals surface area contributed by atoms with Gasteiger partial charge < -0.3 is 10.0 Å². The van der Waals surface area contributed by atoms with E-state index in [1.54, 1.807) is 20.9 Å². The first-order valence-electron chi connectivity index (χ1n) is 6.92. The van der Waals surface area contributed by atoms with E-state index in [2.05, 4.69) is 9.82 Å². The molecule has 0 aliphatic carbocycles. The van der Waals surface area contributed by atoms with Crippen LogP contribution in [0.1, 0.15) is 25.2 Å². The van der Waals surface area contributed by atoms with Gasteiger partial charge in [0, 0.05) is 14.1 Å². The lowest BCUT2D eigenvalue weighted by Gasteiger charge is -2.25. The Bertz CT molecular complexity index is 725. The van der Waals surface area contributed by atoms with Gasteiger partial charge in [-0.1, -0.05) is 0 Å². The summed E-state index contributed by atoms with van der Waals surface area (Å²) in [6.07, 6.45) is 0. The molecule has 2 atom stereocenters. The number of hydrogen-bond donors (Lipinski definition) is 2. The molecule has 0 aromatic carbocycles. The third-order valence-corrected chi connectivity index (χ3v) is 5.49. The first kappa shape index (κ1) is 19.1. The fourth-order valence-corrected chi connectivity index (χ4v) is 3.78. The molecule has 0 saturated heterocycles. The number of aliphatic carboxylic acids is 1. The third-order valence-electron chi connectivity index (χ3n) is 3.70. The number of amides is 1. The van der Waals surface area contributed by atoms with E-state index in [0.717, 1.165) is 4.90 Å². The summed E-state index contributed by atoms with van der Waals surface area (Å²) < 4.78 is 28.7. The summed E-state index contributed by atoms with van der Waals surface area (Å²) in [6, 6.07) is -2.16. The molecule has 2 N–H and O–H groups in total. The van der Waals surface area contributed by atoms with Crippen molar-refractivity contribution in [1.29, 1.82) is 0 Å². The Hall–Kier alpha value is -1.94. The summed E-state index contributed by atoms with van der Waals surface area (Å²) in [5.74, 6) is -1.81. The number of hydrogen-bond acceptors (Lipinski definition) is 5. The monoisotopic (exact) mass is 346 g/mol. The number of nitrogens with zero attached hydrogens (tertiary/aromatic N) is 3. The zero-order chi connectivity index (χ0) is 18.1. The van der Waals surface area contributed by atoms with Gasteiger partial charge >= 0.3 is 5.97 Å². The largest absolute Gasteiger partial charge is 0.480 e. The van der Waals surface area contributed by atoms with Crippen molar-refractivity contribution in [2.75, 3.05) is 7.05 Å². The minimum absolute atomic E-state index is 0.0218. The second kappa shape index (κ2) is 6.67. The van der Waals surface area contributed by atoms with Gasteiger partial charge in [0.2, 0.25) is 15.9 Å². The first-order chi connectivity index (χ1) is 10.4. The lowest BCUT2D eigenvalue weighted by Crippen LogP contribution is -2.50. The summed E-state index contributed by atoms with van der Waals surface area (Å²) in [5.41, 5.74) is 0.770. The molecule has 1 amide bonds. The Labute approximate surface area is 135 Å². The van der Waals surface area contributed by atoms with E-state index in [4.69, 9.17) is 5.11 Å². The van der Waals surface area contributed by atoms with Gasteiger partial charge in [-0.15, -0.1) is 0 Å². The quantitative estimate of drug-likeness (QED) is 0.725. The minimum Gasteiger partial charge on any atom is -0.480 e. The number of aromatic nitrogens is 2. The maximum absolute atomic E-state index is 12.5. The van der Waals surface area contributed by atoms with Crippen LogP contribution in [-0.2, 0) is 26.7 Å². The van der Waals surface area contributed by atoms with Crippen molar-refractivity contribution in [1.82, 2.24) is 19.4 Å². The summed E-state index contributed by atoms with van der Waals surface area (Å²) in [7, 11) is -1.02. The maximum atomic E-state index is 12.5. The summed E-state index contributed by atoms with van der Waals surface area (Å²) in [5, 5.41) is 13.0. The predicted octanol–water partition coefficient (Wildman–Crippen LogP) is -0.365. The summed E-state index contributed by atoms with van der Waals surface area (Å²) in [6.45, 7) is 5.88. The molecule has 0 bridgehead atoms. The minimum atomic E-state index is -3.95. The Kier molecular flexibility index (Phi) is 5.54. The summed E-state index contributed by atoms with van der Waals surface area (Å²) >= 11 is 0. The molecule has 130 valence electrons. The van der Waals surface area contributed by atoms with E-state index in [-0.39, 0.29) is 4.90 Å². The van der Waals surface area contributed by atoms with Gasteiger partial charge in [0.25, 0.3) is 0 Å². The van der Waals surface area contributed by atoms with Crippen molar-refractivity contribution < 1.29 is 23.1 Å². The lowest BCUT2D eigenvalue weighted by atomic mass is 10.2. The number of carbonyl (C=O) groups excluding carboxylic acids is 1. The Morgan fingerprint density at radius 3 is 2.22 bits per heavy atom. The smallest absolute Gasteiger partial charge is 0.326 e. The number of carbonyl (C=O) groups is 2. The molecule has 0 radical (unpaired) electrons. The van der Waals surface area contributed by atoms with Crippen molar-refractivity contribution >= 4 is 21.9 Å². The van der Waals surface area contributed by atoms with Crippen molar-refractivity contribution in [2.45, 2.75) is 44.7 Å². The van der Waals surface area contributed by atoms with Crippen LogP contribution in [0.25, 0.3) is 0 Å². The number of nitrogens with one attached hydrogen (secondary N) is 1. The Morgan fingerprint density at radius 2 is 1.83 bits per heavy atom. The van der Waals surface area contributed by atoms with Gasteiger partial charge in [-0.3, -0.25) is 9.48 Å². The average molecular weight is 346 g/mol. The van der Waals surface area contributed by atoms with Gasteiger partial charge in [0.15, 0.2) is 0 Å². The highest BCUT2D eigenvalue weighted by atomic mass is 32.2. The molecule has 1 aromatic rings. The zero-order valence-electron chi connectivity index (χ0n) is 14.0. The predicted molar refractivity (Wildman–Crippen MR) is 82.3 cm³/mol. The van der Waals surface area contributed by atoms with Crippen LogP contribution in [0.4, 0.5) is 0 Å². The molecule has 10 heteroatoms. The van der Waals surface area contributed by atoms with Gasteiger partial charge in [-0.25, -0.2) is 13.2 Å². The van der Waals surface area contributed by atoms with E-state index < -0.39 is 34.0 Å². The second-order valence-electron chi connectivity index (χ2n) is 5.43. The molecule has 2 unspecified atom stereocenters. The molecule has 0 aliphatic rings. The second-order valence-corrected chi connectivity index (χ2v) is 7.08. The van der Waals surface area contributed by atoms with Crippen molar-refractivity contribution in [3.8, 4) is 0 Å². The van der Waals surface area contributed by atoms with Crippen LogP contribution in [0.5, 0.6) is 0 Å². The third kappa shape index (κ3) is 3.88. The van der Waals surface area contributed by atoms with Crippen LogP contribution >= 0.6 is 0 Å². The number of carboxylic acid groups (broad SMARTS) is 1. The molecule has 0 spiro atoms. The molecule has 0 aliphatic heterocycles. The van der Waals surface area contributed by atoms with Crippen LogP contribution < -0.4 is 4.72 Å². The highest BCUT2D eigenvalue weighted by Gasteiger charge is 2.31. The van der Waals surface area contributed by atoms with Crippen LogP contribution in [0, 0.1) is 13.8 Å². The van der Waals surface area contributed by atoms with E-state index in [9.17, 15) is 18.0 Å². The van der Waals surface area contributed by atoms with Crippen LogP contribution in [0.15, 0.2) is 4.90 Å². The summed E-state index contributed by atoms with van der Waals surface area (Å²) in [4.78, 5) is 24.1. The van der Waals surface area contributed by atoms with Gasteiger partial charge in [0.05, 0.1) is 17.4 Å². The first-order valence-corrected chi connectivity index (χ1v) is 8.40. The van der Waals surface area contributed by atoms with Crippen molar-refractivity contribution in [2.24, 2.45) is 7.05 Å². The van der Waals surface area contributed by atoms with Gasteiger partial charge in [-0.05, 0) is 27.7 Å². The van der Waals surface area contributed by atoms with E-state index in [1.165, 1.54) is 25.6 Å². The molecule has 23 heavy (non-hydrogen) atoms. The van der Waals surface area contributed by atoms with Crippen LogP contribution in [0.2, 0.25) is 0 Å². The number of sulfonamides is 1. The molecular weight excluding hydrogens is 324 g/mol. The fourth-order valence-electron chi connectivity index (χ4n) is 2.15.